The number of anilines is 2. The van der Waals surface area contributed by atoms with Crippen molar-refractivity contribution in [2.24, 2.45) is 5.92 Å². The van der Waals surface area contributed by atoms with E-state index in [0.29, 0.717) is 6.61 Å². The van der Waals surface area contributed by atoms with Crippen molar-refractivity contribution in [3.63, 3.8) is 0 Å². The average Bonchev–Trinajstić information content (AvgIpc) is 2.31. The van der Waals surface area contributed by atoms with E-state index < -0.39 is 11.6 Å². The summed E-state index contributed by atoms with van der Waals surface area (Å²) >= 11 is 0. The predicted molar refractivity (Wildman–Crippen MR) is 67.8 cm³/mol. The van der Waals surface area contributed by atoms with Crippen molar-refractivity contribution >= 4 is 11.6 Å². The summed E-state index contributed by atoms with van der Waals surface area (Å²) in [6.45, 7) is 4.39. The number of aromatic nitrogens is 1. The molecule has 1 atom stereocenters. The first-order valence-electron chi connectivity index (χ1n) is 5.78. The van der Waals surface area contributed by atoms with Gasteiger partial charge in [-0.1, -0.05) is 13.8 Å². The van der Waals surface area contributed by atoms with Gasteiger partial charge in [0.25, 0.3) is 0 Å². The Morgan fingerprint density at radius 1 is 1.28 bits per heavy atom. The summed E-state index contributed by atoms with van der Waals surface area (Å²) in [6.07, 6.45) is 0. The molecule has 2 N–H and O–H groups in total. The number of rotatable bonds is 6. The van der Waals surface area contributed by atoms with Crippen LogP contribution in [-0.4, -0.2) is 31.8 Å². The number of halogens is 2. The zero-order valence-electron chi connectivity index (χ0n) is 11.1. The van der Waals surface area contributed by atoms with Crippen molar-refractivity contribution in [1.82, 2.24) is 4.98 Å². The van der Waals surface area contributed by atoms with E-state index in [4.69, 9.17) is 4.74 Å². The van der Waals surface area contributed by atoms with Gasteiger partial charge >= 0.3 is 0 Å². The van der Waals surface area contributed by atoms with Crippen molar-refractivity contribution in [2.45, 2.75) is 19.9 Å². The molecule has 18 heavy (non-hydrogen) atoms. The molecule has 0 radical (unpaired) electrons. The first-order valence-corrected chi connectivity index (χ1v) is 5.78. The van der Waals surface area contributed by atoms with E-state index in [0.717, 1.165) is 6.07 Å². The summed E-state index contributed by atoms with van der Waals surface area (Å²) < 4.78 is 31.9. The summed E-state index contributed by atoms with van der Waals surface area (Å²) in [6, 6.07) is 0.720. The van der Waals surface area contributed by atoms with Crippen LogP contribution >= 0.6 is 0 Å². The van der Waals surface area contributed by atoms with Gasteiger partial charge in [-0.05, 0) is 5.92 Å². The van der Waals surface area contributed by atoms with Gasteiger partial charge < -0.3 is 15.4 Å². The normalized spacial score (nSPS) is 12.6. The number of nitrogens with zero attached hydrogens (tertiary/aromatic N) is 1. The van der Waals surface area contributed by atoms with Gasteiger partial charge in [0.2, 0.25) is 0 Å². The molecular formula is C12H19F2N3O. The van der Waals surface area contributed by atoms with Crippen LogP contribution in [0.4, 0.5) is 20.4 Å². The van der Waals surface area contributed by atoms with Crippen LogP contribution in [0, 0.1) is 17.6 Å². The Hall–Kier alpha value is -1.43. The van der Waals surface area contributed by atoms with Crippen LogP contribution in [0.15, 0.2) is 6.07 Å². The molecule has 1 unspecified atom stereocenters. The summed E-state index contributed by atoms with van der Waals surface area (Å²) in [5, 5.41) is 5.51. The monoisotopic (exact) mass is 259 g/mol. The Morgan fingerprint density at radius 3 is 2.39 bits per heavy atom. The lowest BCUT2D eigenvalue weighted by Gasteiger charge is -2.22. The Morgan fingerprint density at radius 2 is 1.89 bits per heavy atom. The highest BCUT2D eigenvalue weighted by atomic mass is 19.1. The lowest BCUT2D eigenvalue weighted by Crippen LogP contribution is -2.31. The van der Waals surface area contributed by atoms with E-state index in [1.54, 1.807) is 7.11 Å². The fraction of sp³-hybridized carbons (Fsp3) is 0.583. The number of hydrogen-bond donors (Lipinski definition) is 2. The minimum atomic E-state index is -0.715. The minimum Gasteiger partial charge on any atom is -0.383 e. The lowest BCUT2D eigenvalue weighted by atomic mass is 10.1. The maximum atomic E-state index is 13.6. The molecule has 1 rings (SSSR count). The van der Waals surface area contributed by atoms with Gasteiger partial charge in [0.1, 0.15) is 0 Å². The van der Waals surface area contributed by atoms with Crippen LogP contribution in [0.5, 0.6) is 0 Å². The molecule has 0 fully saturated rings. The van der Waals surface area contributed by atoms with Crippen LogP contribution in [0.25, 0.3) is 0 Å². The molecule has 0 aliphatic heterocycles. The fourth-order valence-electron chi connectivity index (χ4n) is 1.50. The first kappa shape index (κ1) is 14.6. The smallest absolute Gasteiger partial charge is 0.168 e. The zero-order chi connectivity index (χ0) is 13.7. The highest BCUT2D eigenvalue weighted by molar-refractivity contribution is 5.47. The number of methoxy groups -OCH3 is 1. The number of nitrogens with one attached hydrogen (secondary N) is 2. The quantitative estimate of drug-likeness (QED) is 0.824. The second-order valence-electron chi connectivity index (χ2n) is 4.35. The van der Waals surface area contributed by atoms with E-state index >= 15 is 0 Å². The molecule has 0 amide bonds. The largest absolute Gasteiger partial charge is 0.383 e. The van der Waals surface area contributed by atoms with Gasteiger partial charge in [0, 0.05) is 20.2 Å². The van der Waals surface area contributed by atoms with Gasteiger partial charge in [0.05, 0.1) is 12.6 Å². The molecule has 0 aromatic carbocycles. The molecule has 0 saturated heterocycles. The van der Waals surface area contributed by atoms with Gasteiger partial charge in [-0.2, -0.15) is 0 Å². The van der Waals surface area contributed by atoms with Gasteiger partial charge in [0.15, 0.2) is 23.3 Å². The fourth-order valence-corrected chi connectivity index (χ4v) is 1.50. The van der Waals surface area contributed by atoms with Crippen molar-refractivity contribution in [2.75, 3.05) is 31.4 Å². The molecule has 1 heterocycles. The first-order chi connectivity index (χ1) is 8.49. The summed E-state index contributed by atoms with van der Waals surface area (Å²) in [4.78, 5) is 3.87. The summed E-state index contributed by atoms with van der Waals surface area (Å²) in [5.74, 6) is -1.16. The molecule has 0 aliphatic rings. The third kappa shape index (κ3) is 3.53. The van der Waals surface area contributed by atoms with E-state index in [1.807, 2.05) is 13.8 Å². The lowest BCUT2D eigenvalue weighted by molar-refractivity contribution is 0.171. The molecular weight excluding hydrogens is 240 g/mol. The van der Waals surface area contributed by atoms with Gasteiger partial charge in [-0.3, -0.25) is 0 Å². The van der Waals surface area contributed by atoms with Crippen molar-refractivity contribution < 1.29 is 13.5 Å². The second kappa shape index (κ2) is 6.49. The Bertz CT molecular complexity index is 399. The van der Waals surface area contributed by atoms with E-state index in [1.165, 1.54) is 7.05 Å². The third-order valence-corrected chi connectivity index (χ3v) is 2.64. The van der Waals surface area contributed by atoms with Crippen LogP contribution in [0.3, 0.4) is 0 Å². The maximum absolute atomic E-state index is 13.6. The molecule has 0 aliphatic carbocycles. The molecule has 0 saturated carbocycles. The van der Waals surface area contributed by atoms with Gasteiger partial charge in [-0.15, -0.1) is 0 Å². The topological polar surface area (TPSA) is 46.2 Å². The highest BCUT2D eigenvalue weighted by Gasteiger charge is 2.17. The molecule has 102 valence electrons. The summed E-state index contributed by atoms with van der Waals surface area (Å²) in [5.41, 5.74) is 0. The molecule has 6 heteroatoms. The number of hydrogen-bond acceptors (Lipinski definition) is 4. The van der Waals surface area contributed by atoms with Crippen LogP contribution in [0.2, 0.25) is 0 Å². The standard InChI is InChI=1S/C12H19F2N3O/c1-7(2)10(6-18-4)16-12-9(14)5-8(13)11(15-3)17-12/h5,7,10H,6H2,1-4H3,(H2,15,16,17). The predicted octanol–water partition coefficient (Wildman–Crippen LogP) is 2.48. The van der Waals surface area contributed by atoms with E-state index in [-0.39, 0.29) is 23.6 Å². The molecule has 0 spiro atoms. The Kier molecular flexibility index (Phi) is 5.27. The number of ether oxygens (including phenoxy) is 1. The van der Waals surface area contributed by atoms with E-state index in [2.05, 4.69) is 15.6 Å². The molecule has 1 aromatic rings. The van der Waals surface area contributed by atoms with E-state index in [9.17, 15) is 8.78 Å². The highest BCUT2D eigenvalue weighted by Crippen LogP contribution is 2.20. The van der Waals surface area contributed by atoms with Gasteiger partial charge in [-0.25, -0.2) is 13.8 Å². The van der Waals surface area contributed by atoms with Crippen molar-refractivity contribution in [1.29, 1.82) is 0 Å². The molecule has 4 nitrogen and oxygen atoms in total. The zero-order valence-corrected chi connectivity index (χ0v) is 11.1. The summed E-state index contributed by atoms with van der Waals surface area (Å²) in [7, 11) is 3.10. The van der Waals surface area contributed by atoms with Crippen molar-refractivity contribution in [3.05, 3.63) is 17.7 Å². The van der Waals surface area contributed by atoms with Crippen LogP contribution in [0.1, 0.15) is 13.8 Å². The molecule has 0 bridgehead atoms. The Labute approximate surface area is 106 Å². The second-order valence-corrected chi connectivity index (χ2v) is 4.35. The van der Waals surface area contributed by atoms with Crippen LogP contribution < -0.4 is 10.6 Å². The molecule has 1 aromatic heterocycles. The minimum absolute atomic E-state index is 0.0128. The maximum Gasteiger partial charge on any atom is 0.168 e. The average molecular weight is 259 g/mol. The number of pyridine rings is 1. The van der Waals surface area contributed by atoms with Crippen LogP contribution in [-0.2, 0) is 4.74 Å². The third-order valence-electron chi connectivity index (χ3n) is 2.64. The Balaban J connectivity index is 2.94. The SMILES string of the molecule is CNc1nc(NC(COC)C(C)C)c(F)cc1F. The van der Waals surface area contributed by atoms with Crippen molar-refractivity contribution in [3.8, 4) is 0 Å².